The fraction of sp³-hybridized carbons (Fsp3) is 0.250. The third-order valence-electron chi connectivity index (χ3n) is 6.06. The fourth-order valence-corrected chi connectivity index (χ4v) is 4.19. The normalized spacial score (nSPS) is 13.6. The first-order valence-corrected chi connectivity index (χ1v) is 11.4. The van der Waals surface area contributed by atoms with Crippen molar-refractivity contribution in [2.24, 2.45) is 0 Å². The largest absolute Gasteiger partial charge is 0.339 e. The summed E-state index contributed by atoms with van der Waals surface area (Å²) in [6.07, 6.45) is 2.21. The molecule has 3 aromatic carbocycles. The molecular weight excluding hydrogens is 412 g/mol. The first-order valence-electron chi connectivity index (χ1n) is 11.4. The predicted octanol–water partition coefficient (Wildman–Crippen LogP) is 4.22. The minimum atomic E-state index is -0.161. The van der Waals surface area contributed by atoms with Crippen LogP contribution < -0.4 is 0 Å². The molecule has 1 aliphatic rings. The van der Waals surface area contributed by atoms with Gasteiger partial charge in [-0.2, -0.15) is 0 Å². The summed E-state index contributed by atoms with van der Waals surface area (Å²) >= 11 is 0. The number of piperazine rings is 1. The summed E-state index contributed by atoms with van der Waals surface area (Å²) in [4.78, 5) is 42.4. The van der Waals surface area contributed by atoms with E-state index in [1.54, 1.807) is 41.3 Å². The molecule has 2 amide bonds. The molecule has 5 nitrogen and oxygen atoms in total. The SMILES string of the molecule is O=C(c1ccccc1)c1ccccc1C(=O)N1CCN(C(=O)CCCc2ccccc2)CC1. The van der Waals surface area contributed by atoms with Crippen LogP contribution in [0, 0.1) is 0 Å². The molecule has 33 heavy (non-hydrogen) atoms. The van der Waals surface area contributed by atoms with Crippen molar-refractivity contribution in [1.29, 1.82) is 0 Å². The first-order chi connectivity index (χ1) is 16.1. The average Bonchev–Trinajstić information content (AvgIpc) is 2.89. The number of hydrogen-bond acceptors (Lipinski definition) is 3. The second-order valence-electron chi connectivity index (χ2n) is 8.25. The van der Waals surface area contributed by atoms with E-state index in [0.29, 0.717) is 49.3 Å². The molecular formula is C28H28N2O3. The van der Waals surface area contributed by atoms with Gasteiger partial charge in [0.05, 0.1) is 5.56 Å². The monoisotopic (exact) mass is 440 g/mol. The van der Waals surface area contributed by atoms with E-state index in [2.05, 4.69) is 12.1 Å². The van der Waals surface area contributed by atoms with E-state index in [-0.39, 0.29) is 17.6 Å². The highest BCUT2D eigenvalue weighted by Crippen LogP contribution is 2.18. The molecule has 0 atom stereocenters. The van der Waals surface area contributed by atoms with E-state index in [0.717, 1.165) is 12.8 Å². The van der Waals surface area contributed by atoms with Crippen molar-refractivity contribution in [2.45, 2.75) is 19.3 Å². The van der Waals surface area contributed by atoms with Crippen LogP contribution in [-0.2, 0) is 11.2 Å². The third kappa shape index (κ3) is 5.55. The molecule has 1 fully saturated rings. The maximum atomic E-state index is 13.2. The van der Waals surface area contributed by atoms with Gasteiger partial charge in [-0.25, -0.2) is 0 Å². The minimum Gasteiger partial charge on any atom is -0.339 e. The van der Waals surface area contributed by atoms with Crippen LogP contribution in [0.5, 0.6) is 0 Å². The zero-order chi connectivity index (χ0) is 23.0. The topological polar surface area (TPSA) is 57.7 Å². The number of amides is 2. The Labute approximate surface area is 194 Å². The number of carbonyl (C=O) groups is 3. The van der Waals surface area contributed by atoms with Crippen molar-refractivity contribution in [3.8, 4) is 0 Å². The second-order valence-corrected chi connectivity index (χ2v) is 8.25. The molecule has 0 unspecified atom stereocenters. The van der Waals surface area contributed by atoms with Crippen LogP contribution in [0.4, 0.5) is 0 Å². The van der Waals surface area contributed by atoms with Gasteiger partial charge in [0.15, 0.2) is 5.78 Å². The van der Waals surface area contributed by atoms with Crippen LogP contribution in [0.3, 0.4) is 0 Å². The average molecular weight is 441 g/mol. The fourth-order valence-electron chi connectivity index (χ4n) is 4.19. The summed E-state index contributed by atoms with van der Waals surface area (Å²) in [7, 11) is 0. The maximum absolute atomic E-state index is 13.2. The smallest absolute Gasteiger partial charge is 0.254 e. The molecule has 0 saturated carbocycles. The van der Waals surface area contributed by atoms with Crippen LogP contribution in [0.15, 0.2) is 84.9 Å². The van der Waals surface area contributed by atoms with Gasteiger partial charge in [-0.1, -0.05) is 78.9 Å². The molecule has 0 bridgehead atoms. The Bertz CT molecular complexity index is 1100. The van der Waals surface area contributed by atoms with Gasteiger partial charge in [-0.05, 0) is 24.5 Å². The quantitative estimate of drug-likeness (QED) is 0.517. The summed E-state index contributed by atoms with van der Waals surface area (Å²) in [5.41, 5.74) is 2.62. The number of ketones is 1. The zero-order valence-corrected chi connectivity index (χ0v) is 18.7. The van der Waals surface area contributed by atoms with E-state index < -0.39 is 0 Å². The van der Waals surface area contributed by atoms with Gasteiger partial charge in [0, 0.05) is 43.7 Å². The van der Waals surface area contributed by atoms with Crippen LogP contribution in [-0.4, -0.2) is 53.6 Å². The Morgan fingerprint density at radius 3 is 1.85 bits per heavy atom. The van der Waals surface area contributed by atoms with Crippen molar-refractivity contribution < 1.29 is 14.4 Å². The van der Waals surface area contributed by atoms with E-state index in [4.69, 9.17) is 0 Å². The lowest BCUT2D eigenvalue weighted by molar-refractivity contribution is -0.132. The van der Waals surface area contributed by atoms with Crippen molar-refractivity contribution in [3.63, 3.8) is 0 Å². The molecule has 0 radical (unpaired) electrons. The molecule has 1 aliphatic heterocycles. The highest BCUT2D eigenvalue weighted by atomic mass is 16.2. The maximum Gasteiger partial charge on any atom is 0.254 e. The molecule has 0 spiro atoms. The van der Waals surface area contributed by atoms with Crippen molar-refractivity contribution in [1.82, 2.24) is 9.80 Å². The molecule has 0 aromatic heterocycles. The molecule has 0 aliphatic carbocycles. The Morgan fingerprint density at radius 1 is 0.636 bits per heavy atom. The van der Waals surface area contributed by atoms with Gasteiger partial charge in [0.1, 0.15) is 0 Å². The van der Waals surface area contributed by atoms with E-state index >= 15 is 0 Å². The lowest BCUT2D eigenvalue weighted by atomic mass is 9.97. The molecule has 4 rings (SSSR count). The zero-order valence-electron chi connectivity index (χ0n) is 18.7. The summed E-state index contributed by atoms with van der Waals surface area (Å²) in [5, 5.41) is 0. The number of nitrogens with zero attached hydrogens (tertiary/aromatic N) is 2. The van der Waals surface area contributed by atoms with Gasteiger partial charge in [-0.3, -0.25) is 14.4 Å². The Kier molecular flexibility index (Phi) is 7.30. The summed E-state index contributed by atoms with van der Waals surface area (Å²) in [6, 6.07) is 26.1. The molecule has 5 heteroatoms. The van der Waals surface area contributed by atoms with E-state index in [1.807, 2.05) is 41.3 Å². The van der Waals surface area contributed by atoms with Crippen LogP contribution >= 0.6 is 0 Å². The number of benzene rings is 3. The first kappa shape index (κ1) is 22.5. The van der Waals surface area contributed by atoms with Gasteiger partial charge in [0.25, 0.3) is 5.91 Å². The molecule has 3 aromatic rings. The van der Waals surface area contributed by atoms with Gasteiger partial charge in [0.2, 0.25) is 5.91 Å². The van der Waals surface area contributed by atoms with Gasteiger partial charge < -0.3 is 9.80 Å². The standard InChI is InChI=1S/C28H28N2O3/c31-26(17-9-12-22-10-3-1-4-11-22)29-18-20-30(21-19-29)28(33)25-16-8-7-15-24(25)27(32)23-13-5-2-6-14-23/h1-8,10-11,13-16H,9,12,17-21H2. The van der Waals surface area contributed by atoms with E-state index in [9.17, 15) is 14.4 Å². The Hall–Kier alpha value is -3.73. The second kappa shape index (κ2) is 10.7. The van der Waals surface area contributed by atoms with Crippen molar-refractivity contribution in [2.75, 3.05) is 26.2 Å². The summed E-state index contributed by atoms with van der Waals surface area (Å²) in [5.74, 6) is -0.185. The summed E-state index contributed by atoms with van der Waals surface area (Å²) < 4.78 is 0. The molecule has 1 heterocycles. The van der Waals surface area contributed by atoms with Crippen LogP contribution in [0.1, 0.15) is 44.7 Å². The Morgan fingerprint density at radius 2 is 1.18 bits per heavy atom. The minimum absolute atomic E-state index is 0.137. The highest BCUT2D eigenvalue weighted by molar-refractivity contribution is 6.15. The van der Waals surface area contributed by atoms with Gasteiger partial charge in [-0.15, -0.1) is 0 Å². The lowest BCUT2D eigenvalue weighted by Crippen LogP contribution is -2.50. The molecule has 1 saturated heterocycles. The molecule has 0 N–H and O–H groups in total. The summed E-state index contributed by atoms with van der Waals surface area (Å²) in [6.45, 7) is 1.98. The number of carbonyl (C=O) groups excluding carboxylic acids is 3. The van der Waals surface area contributed by atoms with Crippen molar-refractivity contribution in [3.05, 3.63) is 107 Å². The van der Waals surface area contributed by atoms with E-state index in [1.165, 1.54) is 5.56 Å². The number of rotatable bonds is 7. The lowest BCUT2D eigenvalue weighted by Gasteiger charge is -2.35. The van der Waals surface area contributed by atoms with Crippen LogP contribution in [0.25, 0.3) is 0 Å². The highest BCUT2D eigenvalue weighted by Gasteiger charge is 2.27. The van der Waals surface area contributed by atoms with Crippen molar-refractivity contribution >= 4 is 17.6 Å². The van der Waals surface area contributed by atoms with Gasteiger partial charge >= 0.3 is 0 Å². The molecule has 168 valence electrons. The number of aryl methyl sites for hydroxylation is 1. The number of hydrogen-bond donors (Lipinski definition) is 0. The third-order valence-corrected chi connectivity index (χ3v) is 6.06. The van der Waals surface area contributed by atoms with Crippen LogP contribution in [0.2, 0.25) is 0 Å². The predicted molar refractivity (Wildman–Crippen MR) is 128 cm³/mol. The Balaban J connectivity index is 1.33.